The number of carbonyl (C=O) groups is 1. The number of hydrogen-bond donors (Lipinski definition) is 6. The number of amides is 1. The number of hydrogen-bond acceptors (Lipinski definition) is 8. The molecule has 0 saturated carbocycles. The lowest BCUT2D eigenvalue weighted by Gasteiger charge is -2.40. The molecule has 1 heterocycles. The Labute approximate surface area is 495 Å². The zero-order valence-corrected chi connectivity index (χ0v) is 52.9. The van der Waals surface area contributed by atoms with E-state index in [4.69, 9.17) is 9.47 Å². The monoisotopic (exact) mass is 1130 g/mol. The highest BCUT2D eigenvalue weighted by molar-refractivity contribution is 5.76. The molecule has 1 saturated heterocycles. The second-order valence-electron chi connectivity index (χ2n) is 24.7. The van der Waals surface area contributed by atoms with E-state index in [1.807, 2.05) is 6.08 Å². The van der Waals surface area contributed by atoms with Crippen molar-refractivity contribution in [3.8, 4) is 0 Å². The van der Waals surface area contributed by atoms with Crippen LogP contribution in [0.4, 0.5) is 0 Å². The van der Waals surface area contributed by atoms with E-state index in [2.05, 4.69) is 43.5 Å². The first-order valence-electron chi connectivity index (χ1n) is 35.2. The number of carbonyl (C=O) groups excluding carboxylic acids is 1. The third-order valence-corrected chi connectivity index (χ3v) is 17.0. The van der Waals surface area contributed by atoms with Crippen molar-refractivity contribution in [1.29, 1.82) is 0 Å². The Balaban J connectivity index is 2.07. The lowest BCUT2D eigenvalue weighted by molar-refractivity contribution is -0.302. The van der Waals surface area contributed by atoms with Gasteiger partial charge < -0.3 is 40.3 Å². The molecular formula is C71H135NO8. The van der Waals surface area contributed by atoms with E-state index < -0.39 is 49.5 Å². The van der Waals surface area contributed by atoms with Gasteiger partial charge in [-0.15, -0.1) is 0 Å². The van der Waals surface area contributed by atoms with Crippen LogP contribution >= 0.6 is 0 Å². The van der Waals surface area contributed by atoms with Crippen molar-refractivity contribution in [2.45, 2.75) is 397 Å². The van der Waals surface area contributed by atoms with E-state index in [0.29, 0.717) is 6.42 Å². The molecule has 80 heavy (non-hydrogen) atoms. The highest BCUT2D eigenvalue weighted by Crippen LogP contribution is 2.23. The Bertz CT molecular complexity index is 1360. The number of unbranched alkanes of at least 4 members (excludes halogenated alkanes) is 48. The average molecular weight is 1130 g/mol. The maximum Gasteiger partial charge on any atom is 0.220 e. The molecule has 9 heteroatoms. The van der Waals surface area contributed by atoms with E-state index >= 15 is 0 Å². The largest absolute Gasteiger partial charge is 0.394 e. The predicted octanol–water partition coefficient (Wildman–Crippen LogP) is 19.0. The third-order valence-electron chi connectivity index (χ3n) is 17.0. The van der Waals surface area contributed by atoms with E-state index in [-0.39, 0.29) is 12.5 Å². The zero-order valence-electron chi connectivity index (χ0n) is 52.9. The van der Waals surface area contributed by atoms with E-state index in [1.54, 1.807) is 6.08 Å². The van der Waals surface area contributed by atoms with Gasteiger partial charge in [0.2, 0.25) is 5.91 Å². The van der Waals surface area contributed by atoms with Crippen molar-refractivity contribution in [2.75, 3.05) is 13.2 Å². The van der Waals surface area contributed by atoms with E-state index in [0.717, 1.165) is 44.9 Å². The van der Waals surface area contributed by atoms with Crippen LogP contribution in [0.1, 0.15) is 354 Å². The van der Waals surface area contributed by atoms with Crippen molar-refractivity contribution < 1.29 is 39.8 Å². The fourth-order valence-electron chi connectivity index (χ4n) is 11.4. The molecule has 9 nitrogen and oxygen atoms in total. The number of ether oxygens (including phenoxy) is 2. The van der Waals surface area contributed by atoms with Gasteiger partial charge in [-0.1, -0.05) is 333 Å². The second-order valence-corrected chi connectivity index (χ2v) is 24.7. The van der Waals surface area contributed by atoms with E-state index in [9.17, 15) is 30.3 Å². The van der Waals surface area contributed by atoms with Gasteiger partial charge in [-0.3, -0.25) is 4.79 Å². The highest BCUT2D eigenvalue weighted by Gasteiger charge is 2.44. The van der Waals surface area contributed by atoms with Crippen LogP contribution in [0.15, 0.2) is 36.5 Å². The van der Waals surface area contributed by atoms with Gasteiger partial charge in [-0.05, 0) is 51.4 Å². The minimum atomic E-state index is -1.57. The van der Waals surface area contributed by atoms with Gasteiger partial charge >= 0.3 is 0 Å². The molecule has 1 fully saturated rings. The predicted molar refractivity (Wildman–Crippen MR) is 341 cm³/mol. The third kappa shape index (κ3) is 48.7. The zero-order chi connectivity index (χ0) is 57.9. The molecule has 0 aliphatic carbocycles. The van der Waals surface area contributed by atoms with Gasteiger partial charge in [0, 0.05) is 6.42 Å². The van der Waals surface area contributed by atoms with Crippen LogP contribution in [0.2, 0.25) is 0 Å². The highest BCUT2D eigenvalue weighted by atomic mass is 16.7. The van der Waals surface area contributed by atoms with Gasteiger partial charge in [-0.25, -0.2) is 0 Å². The fraction of sp³-hybridized carbons (Fsp3) is 0.901. The van der Waals surface area contributed by atoms with Crippen molar-refractivity contribution in [3.05, 3.63) is 36.5 Å². The summed E-state index contributed by atoms with van der Waals surface area (Å²) in [4.78, 5) is 13.1. The van der Waals surface area contributed by atoms with Crippen molar-refractivity contribution in [3.63, 3.8) is 0 Å². The van der Waals surface area contributed by atoms with Crippen molar-refractivity contribution in [1.82, 2.24) is 5.32 Å². The molecule has 0 aromatic carbocycles. The summed E-state index contributed by atoms with van der Waals surface area (Å²) in [6.07, 6.45) is 74.0. The Hall–Kier alpha value is -1.59. The van der Waals surface area contributed by atoms with E-state index in [1.165, 1.54) is 289 Å². The molecule has 1 aliphatic rings. The molecule has 1 aliphatic heterocycles. The molecule has 0 spiro atoms. The first-order chi connectivity index (χ1) is 39.3. The number of aliphatic hydroxyl groups excluding tert-OH is 5. The molecule has 0 aromatic heterocycles. The Kier molecular flexibility index (Phi) is 57.8. The Morgan fingerprint density at radius 2 is 0.738 bits per heavy atom. The van der Waals surface area contributed by atoms with Crippen LogP contribution in [0.25, 0.3) is 0 Å². The number of nitrogens with one attached hydrogen (secondary N) is 1. The summed E-state index contributed by atoms with van der Waals surface area (Å²) in [5.41, 5.74) is 0. The second kappa shape index (κ2) is 60.5. The standard InChI is InChI=1S/C71H135NO8/c1-3-5-7-9-11-13-15-17-19-21-23-25-26-27-28-29-30-31-32-33-34-35-36-37-38-39-40-41-43-45-47-49-51-53-55-57-59-61-67(75)72-64(63-79-71-70(78)69(77)68(76)66(62-73)80-71)65(74)60-58-56-54-52-50-48-46-44-42-24-22-20-18-16-14-12-10-8-6-4-2/h15,17,21,23,58,60,64-66,68-71,73-74,76-78H,3-14,16,18-20,22,24-57,59,61-63H2,1-2H3,(H,72,75)/b17-15-,23-21-,60-58+. The SMILES string of the molecule is CCCCCCC/C=C\C/C=C\CCCCCCCCCCCCCCCCCCCCCCCCCCCC(=O)NC(COC1OC(CO)C(O)C(O)C1O)C(O)/C=C/CCCCCCCCCCCCCCCCCCCC. The maximum atomic E-state index is 13.1. The number of aliphatic hydroxyl groups is 5. The molecule has 472 valence electrons. The summed E-state index contributed by atoms with van der Waals surface area (Å²) in [6, 6.07) is -0.803. The number of rotatable bonds is 62. The maximum absolute atomic E-state index is 13.1. The normalized spacial score (nSPS) is 18.6. The minimum Gasteiger partial charge on any atom is -0.394 e. The minimum absolute atomic E-state index is 0.169. The van der Waals surface area contributed by atoms with Crippen molar-refractivity contribution >= 4 is 5.91 Å². The topological polar surface area (TPSA) is 149 Å². The van der Waals surface area contributed by atoms with Crippen LogP contribution in [-0.2, 0) is 14.3 Å². The molecule has 1 amide bonds. The molecular weight excluding hydrogens is 995 g/mol. The van der Waals surface area contributed by atoms with Gasteiger partial charge in [0.15, 0.2) is 6.29 Å². The first-order valence-corrected chi connectivity index (χ1v) is 35.2. The number of allylic oxidation sites excluding steroid dienone is 5. The first kappa shape index (κ1) is 76.4. The summed E-state index contributed by atoms with van der Waals surface area (Å²) in [6.45, 7) is 3.82. The van der Waals surface area contributed by atoms with Crippen LogP contribution in [-0.4, -0.2) is 87.5 Å². The fourth-order valence-corrected chi connectivity index (χ4v) is 11.4. The molecule has 0 radical (unpaired) electrons. The molecule has 6 N–H and O–H groups in total. The lowest BCUT2D eigenvalue weighted by Crippen LogP contribution is -2.60. The molecule has 0 bridgehead atoms. The molecule has 7 unspecified atom stereocenters. The van der Waals surface area contributed by atoms with Crippen LogP contribution < -0.4 is 5.32 Å². The van der Waals surface area contributed by atoms with Gasteiger partial charge in [-0.2, -0.15) is 0 Å². The molecule has 0 aromatic rings. The van der Waals surface area contributed by atoms with Crippen LogP contribution in [0.3, 0.4) is 0 Å². The summed E-state index contributed by atoms with van der Waals surface area (Å²) in [7, 11) is 0. The summed E-state index contributed by atoms with van der Waals surface area (Å²) in [5.74, 6) is -0.169. The van der Waals surface area contributed by atoms with Gasteiger partial charge in [0.05, 0.1) is 25.4 Å². The van der Waals surface area contributed by atoms with Gasteiger partial charge in [0.1, 0.15) is 24.4 Å². The van der Waals surface area contributed by atoms with Crippen LogP contribution in [0, 0.1) is 0 Å². The summed E-state index contributed by atoms with van der Waals surface area (Å²) in [5, 5.41) is 54.7. The summed E-state index contributed by atoms with van der Waals surface area (Å²) >= 11 is 0. The average Bonchev–Trinajstić information content (AvgIpc) is 3.46. The van der Waals surface area contributed by atoms with Crippen molar-refractivity contribution in [2.24, 2.45) is 0 Å². The van der Waals surface area contributed by atoms with Crippen LogP contribution in [0.5, 0.6) is 0 Å². The lowest BCUT2D eigenvalue weighted by atomic mass is 9.99. The quantitative estimate of drug-likeness (QED) is 0.0261. The molecule has 7 atom stereocenters. The Morgan fingerprint density at radius 1 is 0.425 bits per heavy atom. The summed E-state index contributed by atoms with van der Waals surface area (Å²) < 4.78 is 11.3. The molecule has 1 rings (SSSR count). The van der Waals surface area contributed by atoms with Gasteiger partial charge in [0.25, 0.3) is 0 Å². The Morgan fingerprint density at radius 3 is 1.07 bits per heavy atom. The smallest absolute Gasteiger partial charge is 0.220 e.